The number of benzene rings is 4. The van der Waals surface area contributed by atoms with Gasteiger partial charge >= 0.3 is 0 Å². The van der Waals surface area contributed by atoms with Crippen LogP contribution in [0.1, 0.15) is 70.8 Å². The van der Waals surface area contributed by atoms with Gasteiger partial charge in [0.25, 0.3) is 0 Å². The van der Waals surface area contributed by atoms with E-state index in [2.05, 4.69) is 0 Å². The molecule has 2 unspecified atom stereocenters. The summed E-state index contributed by atoms with van der Waals surface area (Å²) in [6, 6.07) is 11.6. The summed E-state index contributed by atoms with van der Waals surface area (Å²) in [5.41, 5.74) is -7.14. The standard InChI is InChI=1S/C35H30O12/c1-13-8-18-25(21(37)10-13)30(42)24-15(4-3-5-20(24)36)34(18,45)17-7-6-16-27(28(17)40)31(43)26-19(9-14(2)11-22(26)38)35(16,46)33-32(44)29(41)23(39)12-47-33/h3-11,23,29,32-33,36-41,44-46H,12H2,1-2H3/t23-,29+,32-,33+,34?,35?/m0/s1. The normalized spacial score (nSPS) is 27.9. The van der Waals surface area contributed by atoms with E-state index in [-0.39, 0.29) is 38.9 Å². The molecule has 9 N–H and O–H groups in total. The molecule has 47 heavy (non-hydrogen) atoms. The Balaban J connectivity index is 1.56. The van der Waals surface area contributed by atoms with Crippen LogP contribution < -0.4 is 0 Å². The zero-order chi connectivity index (χ0) is 33.9. The number of phenolic OH excluding ortho intramolecular Hbond substituents is 4. The van der Waals surface area contributed by atoms with Crippen LogP contribution in [0.3, 0.4) is 0 Å². The van der Waals surface area contributed by atoms with Crippen molar-refractivity contribution in [1.82, 2.24) is 0 Å². The highest BCUT2D eigenvalue weighted by molar-refractivity contribution is 6.18. The van der Waals surface area contributed by atoms with Gasteiger partial charge < -0.3 is 50.7 Å². The molecule has 6 atom stereocenters. The third-order valence-electron chi connectivity index (χ3n) is 9.56. The minimum atomic E-state index is -2.52. The summed E-state index contributed by atoms with van der Waals surface area (Å²) in [6.45, 7) is 2.67. The minimum Gasteiger partial charge on any atom is -0.507 e. The highest BCUT2D eigenvalue weighted by Crippen LogP contribution is 2.55. The van der Waals surface area contributed by atoms with E-state index in [1.54, 1.807) is 13.8 Å². The Hall–Kier alpha value is -4.82. The predicted octanol–water partition coefficient (Wildman–Crippen LogP) is 1.22. The maximum absolute atomic E-state index is 14.2. The number of aliphatic hydroxyl groups excluding tert-OH is 3. The first kappa shape index (κ1) is 30.8. The highest BCUT2D eigenvalue weighted by atomic mass is 16.5. The second-order valence-corrected chi connectivity index (χ2v) is 12.4. The Morgan fingerprint density at radius 1 is 0.638 bits per heavy atom. The van der Waals surface area contributed by atoms with E-state index < -0.39 is 87.9 Å². The van der Waals surface area contributed by atoms with E-state index in [0.29, 0.717) is 11.1 Å². The quantitative estimate of drug-likeness (QED) is 0.150. The van der Waals surface area contributed by atoms with Gasteiger partial charge in [0.2, 0.25) is 11.6 Å². The monoisotopic (exact) mass is 642 g/mol. The van der Waals surface area contributed by atoms with Gasteiger partial charge in [-0.1, -0.05) is 36.4 Å². The lowest BCUT2D eigenvalue weighted by Crippen LogP contribution is -2.61. The fraction of sp³-hybridized carbons (Fsp3) is 0.257. The molecule has 12 heteroatoms. The van der Waals surface area contributed by atoms with Crippen LogP contribution in [0.15, 0.2) is 54.6 Å². The summed E-state index contributed by atoms with van der Waals surface area (Å²) in [5.74, 6) is -4.25. The molecular formula is C35H30O12. The Bertz CT molecular complexity index is 2050. The number of carbonyl (C=O) groups excluding carboxylic acids is 2. The van der Waals surface area contributed by atoms with Gasteiger partial charge in [0.15, 0.2) is 0 Å². The van der Waals surface area contributed by atoms with E-state index in [9.17, 15) is 55.5 Å². The van der Waals surface area contributed by atoms with E-state index in [4.69, 9.17) is 4.74 Å². The van der Waals surface area contributed by atoms with Crippen LogP contribution in [0, 0.1) is 13.8 Å². The van der Waals surface area contributed by atoms with Crippen molar-refractivity contribution in [3.63, 3.8) is 0 Å². The number of fused-ring (bicyclic) bond motifs is 4. The molecule has 12 nitrogen and oxygen atoms in total. The van der Waals surface area contributed by atoms with E-state index in [0.717, 1.165) is 0 Å². The first-order valence-electron chi connectivity index (χ1n) is 14.7. The number of hydrogen-bond donors (Lipinski definition) is 9. The number of ketones is 2. The molecule has 0 saturated carbocycles. The van der Waals surface area contributed by atoms with Gasteiger partial charge in [0, 0.05) is 27.8 Å². The summed E-state index contributed by atoms with van der Waals surface area (Å²) < 4.78 is 5.67. The molecule has 7 rings (SSSR count). The van der Waals surface area contributed by atoms with E-state index in [1.807, 2.05) is 0 Å². The van der Waals surface area contributed by atoms with Gasteiger partial charge in [0.1, 0.15) is 58.6 Å². The largest absolute Gasteiger partial charge is 0.507 e. The fourth-order valence-electron chi connectivity index (χ4n) is 7.42. The molecule has 4 aromatic carbocycles. The number of rotatable bonds is 2. The molecule has 1 fully saturated rings. The molecule has 0 amide bonds. The van der Waals surface area contributed by atoms with Gasteiger partial charge in [-0.2, -0.15) is 0 Å². The van der Waals surface area contributed by atoms with Crippen LogP contribution in [0.25, 0.3) is 0 Å². The molecule has 2 aliphatic carbocycles. The second kappa shape index (κ2) is 10.1. The third kappa shape index (κ3) is 3.91. The second-order valence-electron chi connectivity index (χ2n) is 12.4. The maximum Gasteiger partial charge on any atom is 0.201 e. The van der Waals surface area contributed by atoms with Crippen LogP contribution in [0.5, 0.6) is 23.0 Å². The van der Waals surface area contributed by atoms with Gasteiger partial charge in [0.05, 0.1) is 28.9 Å². The van der Waals surface area contributed by atoms with Crippen molar-refractivity contribution >= 4 is 11.6 Å². The molecule has 1 heterocycles. The third-order valence-corrected chi connectivity index (χ3v) is 9.56. The van der Waals surface area contributed by atoms with Crippen molar-refractivity contribution in [3.05, 3.63) is 116 Å². The Morgan fingerprint density at radius 2 is 1.19 bits per heavy atom. The first-order valence-corrected chi connectivity index (χ1v) is 14.7. The van der Waals surface area contributed by atoms with Gasteiger partial charge in [-0.15, -0.1) is 0 Å². The average Bonchev–Trinajstić information content (AvgIpc) is 3.00. The molecule has 0 spiro atoms. The van der Waals surface area contributed by atoms with Crippen molar-refractivity contribution in [2.45, 2.75) is 49.5 Å². The number of aliphatic hydroxyl groups is 5. The van der Waals surface area contributed by atoms with Gasteiger partial charge in [-0.25, -0.2) is 0 Å². The zero-order valence-electron chi connectivity index (χ0n) is 25.0. The molecule has 3 aliphatic rings. The fourth-order valence-corrected chi connectivity index (χ4v) is 7.42. The molecule has 1 aliphatic heterocycles. The number of hydrogen-bond acceptors (Lipinski definition) is 12. The van der Waals surface area contributed by atoms with E-state index in [1.165, 1.54) is 54.6 Å². The van der Waals surface area contributed by atoms with Crippen LogP contribution in [0.2, 0.25) is 0 Å². The number of aryl methyl sites for hydroxylation is 2. The summed E-state index contributed by atoms with van der Waals surface area (Å²) >= 11 is 0. The number of carbonyl (C=O) groups is 2. The first-order chi connectivity index (χ1) is 22.1. The Kier molecular flexibility index (Phi) is 6.61. The molecule has 0 radical (unpaired) electrons. The van der Waals surface area contributed by atoms with Crippen molar-refractivity contribution < 1.29 is 60.3 Å². The predicted molar refractivity (Wildman–Crippen MR) is 162 cm³/mol. The summed E-state index contributed by atoms with van der Waals surface area (Å²) in [7, 11) is 0. The van der Waals surface area contributed by atoms with E-state index >= 15 is 0 Å². The smallest absolute Gasteiger partial charge is 0.201 e. The molecule has 242 valence electrons. The topological polar surface area (TPSA) is 225 Å². The number of ether oxygens (including phenoxy) is 1. The average molecular weight is 643 g/mol. The lowest BCUT2D eigenvalue weighted by Gasteiger charge is -2.47. The van der Waals surface area contributed by atoms with Crippen molar-refractivity contribution in [1.29, 1.82) is 0 Å². The summed E-state index contributed by atoms with van der Waals surface area (Å²) in [5, 5.41) is 102. The van der Waals surface area contributed by atoms with Crippen LogP contribution in [-0.2, 0) is 15.9 Å². The van der Waals surface area contributed by atoms with Crippen molar-refractivity contribution in [3.8, 4) is 23.0 Å². The van der Waals surface area contributed by atoms with Crippen molar-refractivity contribution in [2.75, 3.05) is 6.61 Å². The van der Waals surface area contributed by atoms with Gasteiger partial charge in [-0.3, -0.25) is 9.59 Å². The molecule has 0 aromatic heterocycles. The Labute approximate surface area is 266 Å². The number of phenols is 4. The lowest BCUT2D eigenvalue weighted by molar-refractivity contribution is -0.231. The summed E-state index contributed by atoms with van der Waals surface area (Å²) in [4.78, 5) is 27.8. The molecular weight excluding hydrogens is 612 g/mol. The SMILES string of the molecule is Cc1cc(O)c2c(c1)C(O)(c1ccc3c(c1O)C(=O)c1c(O)cc(C)cc1C3(O)[C@@H]1OC[C@H](O)[C@@H](O)[C@@H]1O)c1cccc(O)c1C2=O. The molecule has 1 saturated heterocycles. The molecule has 4 aromatic rings. The minimum absolute atomic E-state index is 0.158. The Morgan fingerprint density at radius 3 is 1.85 bits per heavy atom. The maximum atomic E-state index is 14.2. The van der Waals surface area contributed by atoms with Crippen molar-refractivity contribution in [2.24, 2.45) is 0 Å². The lowest BCUT2D eigenvalue weighted by atomic mass is 9.65. The van der Waals surface area contributed by atoms with Crippen LogP contribution in [0.4, 0.5) is 0 Å². The highest BCUT2D eigenvalue weighted by Gasteiger charge is 2.57. The zero-order valence-corrected chi connectivity index (χ0v) is 25.0. The number of aromatic hydroxyl groups is 4. The summed E-state index contributed by atoms with van der Waals surface area (Å²) in [6.07, 6.45) is -6.92. The van der Waals surface area contributed by atoms with Crippen LogP contribution >= 0.6 is 0 Å². The van der Waals surface area contributed by atoms with Gasteiger partial charge in [-0.05, 0) is 43.2 Å². The van der Waals surface area contributed by atoms with Crippen LogP contribution in [-0.4, -0.2) is 88.5 Å². The molecule has 0 bridgehead atoms.